The zero-order valence-electron chi connectivity index (χ0n) is 22.4. The van der Waals surface area contributed by atoms with Gasteiger partial charge in [-0.15, -0.1) is 0 Å². The Morgan fingerprint density at radius 1 is 1.03 bits per heavy atom. The molecule has 1 amide bonds. The zero-order chi connectivity index (χ0) is 25.8. The van der Waals surface area contributed by atoms with Gasteiger partial charge in [0, 0.05) is 30.0 Å². The molecular weight excluding hydrogens is 434 g/mol. The quantitative estimate of drug-likeness (QED) is 0.347. The summed E-state index contributed by atoms with van der Waals surface area (Å²) >= 11 is 0. The molecule has 0 fully saturated rings. The van der Waals surface area contributed by atoms with Crippen molar-refractivity contribution in [1.29, 1.82) is 0 Å². The molecule has 0 radical (unpaired) electrons. The van der Waals surface area contributed by atoms with E-state index in [1.54, 1.807) is 0 Å². The molecular formula is C29H39N5O. The third-order valence-electron chi connectivity index (χ3n) is 6.34. The standard InChI is InChI=1S/C29H39N5O/c1-9-34-22(5)25(21(4)33-34)16-17-30-28(31-26-15-10-19(2)18-20(26)3)32-27(35)23-11-13-24(14-12-23)29(6,7)8/h10-15,18H,9,16-17H2,1-8H3,(H2,30,31,32,35). The van der Waals surface area contributed by atoms with Crippen molar-refractivity contribution in [1.82, 2.24) is 15.1 Å². The van der Waals surface area contributed by atoms with Gasteiger partial charge in [0.2, 0.25) is 5.96 Å². The second kappa shape index (κ2) is 10.9. The molecule has 6 heteroatoms. The van der Waals surface area contributed by atoms with Gasteiger partial charge in [-0.3, -0.25) is 19.8 Å². The fourth-order valence-corrected chi connectivity index (χ4v) is 4.18. The molecule has 0 unspecified atom stereocenters. The SMILES string of the molecule is CCn1nc(C)c(CCN=C(NC(=O)c2ccc(C(C)(C)C)cc2)Nc2ccc(C)cc2C)c1C. The molecule has 35 heavy (non-hydrogen) atoms. The number of nitrogens with zero attached hydrogens (tertiary/aromatic N) is 3. The fraction of sp³-hybridized carbons (Fsp3) is 0.414. The smallest absolute Gasteiger partial charge is 0.257 e. The monoisotopic (exact) mass is 473 g/mol. The van der Waals surface area contributed by atoms with E-state index in [9.17, 15) is 4.79 Å². The lowest BCUT2D eigenvalue weighted by atomic mass is 9.87. The number of aliphatic imine (C=N–C) groups is 1. The van der Waals surface area contributed by atoms with Crippen LogP contribution in [0.15, 0.2) is 47.5 Å². The number of aryl methyl sites for hydroxylation is 4. The topological polar surface area (TPSA) is 71.3 Å². The highest BCUT2D eigenvalue weighted by Crippen LogP contribution is 2.22. The average Bonchev–Trinajstić information content (AvgIpc) is 3.07. The normalized spacial score (nSPS) is 12.1. The van der Waals surface area contributed by atoms with Crippen LogP contribution in [0.1, 0.15) is 71.7 Å². The van der Waals surface area contributed by atoms with Gasteiger partial charge in [-0.2, -0.15) is 5.10 Å². The predicted octanol–water partition coefficient (Wildman–Crippen LogP) is 5.87. The Balaban J connectivity index is 1.82. The molecule has 3 aromatic rings. The van der Waals surface area contributed by atoms with Gasteiger partial charge in [-0.05, 0) is 81.3 Å². The lowest BCUT2D eigenvalue weighted by molar-refractivity contribution is 0.0977. The van der Waals surface area contributed by atoms with Crippen molar-refractivity contribution in [3.8, 4) is 0 Å². The van der Waals surface area contributed by atoms with Crippen LogP contribution in [0.3, 0.4) is 0 Å². The number of carbonyl (C=O) groups is 1. The van der Waals surface area contributed by atoms with Crippen LogP contribution >= 0.6 is 0 Å². The molecule has 0 bridgehead atoms. The van der Waals surface area contributed by atoms with Crippen molar-refractivity contribution in [2.24, 2.45) is 4.99 Å². The lowest BCUT2D eigenvalue weighted by Gasteiger charge is -2.19. The number of hydrogen-bond acceptors (Lipinski definition) is 3. The first kappa shape index (κ1) is 26.2. The minimum absolute atomic E-state index is 0.0357. The first-order valence-corrected chi connectivity index (χ1v) is 12.3. The maximum atomic E-state index is 13.1. The third-order valence-corrected chi connectivity index (χ3v) is 6.34. The Kier molecular flexibility index (Phi) is 8.15. The summed E-state index contributed by atoms with van der Waals surface area (Å²) in [6.45, 7) is 18.2. The fourth-order valence-electron chi connectivity index (χ4n) is 4.18. The van der Waals surface area contributed by atoms with Crippen LogP contribution < -0.4 is 10.6 Å². The van der Waals surface area contributed by atoms with Gasteiger partial charge in [0.15, 0.2) is 0 Å². The van der Waals surface area contributed by atoms with Gasteiger partial charge in [0.1, 0.15) is 0 Å². The molecule has 0 aliphatic carbocycles. The average molecular weight is 474 g/mol. The molecule has 186 valence electrons. The molecule has 3 rings (SSSR count). The van der Waals surface area contributed by atoms with Crippen molar-refractivity contribution in [3.05, 3.63) is 81.7 Å². The van der Waals surface area contributed by atoms with Gasteiger partial charge in [-0.25, -0.2) is 0 Å². The van der Waals surface area contributed by atoms with Crippen LogP contribution in [0.5, 0.6) is 0 Å². The minimum atomic E-state index is -0.187. The van der Waals surface area contributed by atoms with E-state index in [0.717, 1.165) is 29.9 Å². The number of nitrogens with one attached hydrogen (secondary N) is 2. The number of guanidine groups is 1. The van der Waals surface area contributed by atoms with Gasteiger partial charge in [-0.1, -0.05) is 50.6 Å². The van der Waals surface area contributed by atoms with E-state index in [1.807, 2.05) is 54.9 Å². The Hall–Kier alpha value is -3.41. The van der Waals surface area contributed by atoms with E-state index in [2.05, 4.69) is 63.3 Å². The number of carbonyl (C=O) groups excluding carboxylic acids is 1. The van der Waals surface area contributed by atoms with Crippen molar-refractivity contribution >= 4 is 17.6 Å². The van der Waals surface area contributed by atoms with E-state index < -0.39 is 0 Å². The van der Waals surface area contributed by atoms with Crippen LogP contribution in [0.25, 0.3) is 0 Å². The van der Waals surface area contributed by atoms with Crippen LogP contribution in [-0.4, -0.2) is 28.2 Å². The van der Waals surface area contributed by atoms with Gasteiger partial charge in [0.05, 0.1) is 5.69 Å². The largest absolute Gasteiger partial charge is 0.326 e. The highest BCUT2D eigenvalue weighted by Gasteiger charge is 2.16. The van der Waals surface area contributed by atoms with Crippen molar-refractivity contribution in [2.45, 2.75) is 73.8 Å². The first-order valence-electron chi connectivity index (χ1n) is 12.3. The summed E-state index contributed by atoms with van der Waals surface area (Å²) in [5, 5.41) is 10.9. The lowest BCUT2D eigenvalue weighted by Crippen LogP contribution is -2.36. The van der Waals surface area contributed by atoms with Crippen LogP contribution in [0, 0.1) is 27.7 Å². The molecule has 2 aromatic carbocycles. The van der Waals surface area contributed by atoms with E-state index in [-0.39, 0.29) is 11.3 Å². The summed E-state index contributed by atoms with van der Waals surface area (Å²) < 4.78 is 2.02. The van der Waals surface area contributed by atoms with Gasteiger partial charge in [0.25, 0.3) is 5.91 Å². The molecule has 2 N–H and O–H groups in total. The number of aromatic nitrogens is 2. The number of amides is 1. The summed E-state index contributed by atoms with van der Waals surface area (Å²) in [4.78, 5) is 17.8. The third kappa shape index (κ3) is 6.59. The molecule has 0 aliphatic heterocycles. The molecule has 0 spiro atoms. The molecule has 0 aliphatic rings. The van der Waals surface area contributed by atoms with Crippen molar-refractivity contribution in [3.63, 3.8) is 0 Å². The summed E-state index contributed by atoms with van der Waals surface area (Å²) in [7, 11) is 0. The maximum Gasteiger partial charge on any atom is 0.257 e. The number of hydrogen-bond donors (Lipinski definition) is 2. The van der Waals surface area contributed by atoms with E-state index in [0.29, 0.717) is 18.1 Å². The first-order chi connectivity index (χ1) is 16.5. The summed E-state index contributed by atoms with van der Waals surface area (Å²) in [6, 6.07) is 13.9. The Morgan fingerprint density at radius 2 is 1.71 bits per heavy atom. The molecule has 0 saturated carbocycles. The summed E-state index contributed by atoms with van der Waals surface area (Å²) in [5.74, 6) is 0.257. The minimum Gasteiger partial charge on any atom is -0.326 e. The Bertz CT molecular complexity index is 1210. The number of rotatable bonds is 6. The van der Waals surface area contributed by atoms with Crippen molar-refractivity contribution < 1.29 is 4.79 Å². The van der Waals surface area contributed by atoms with Crippen LogP contribution in [0.4, 0.5) is 5.69 Å². The number of anilines is 1. The van der Waals surface area contributed by atoms with Gasteiger partial charge < -0.3 is 5.32 Å². The van der Waals surface area contributed by atoms with E-state index in [4.69, 9.17) is 4.99 Å². The van der Waals surface area contributed by atoms with Crippen LogP contribution in [-0.2, 0) is 18.4 Å². The van der Waals surface area contributed by atoms with E-state index in [1.165, 1.54) is 22.4 Å². The molecule has 6 nitrogen and oxygen atoms in total. The van der Waals surface area contributed by atoms with Crippen molar-refractivity contribution in [2.75, 3.05) is 11.9 Å². The second-order valence-corrected chi connectivity index (χ2v) is 10.2. The Labute approximate surface area is 209 Å². The maximum absolute atomic E-state index is 13.1. The second-order valence-electron chi connectivity index (χ2n) is 10.2. The molecule has 1 heterocycles. The predicted molar refractivity (Wildman–Crippen MR) is 146 cm³/mol. The summed E-state index contributed by atoms with van der Waals surface area (Å²) in [5.41, 5.74) is 8.45. The molecule has 0 atom stereocenters. The highest BCUT2D eigenvalue weighted by molar-refractivity contribution is 6.10. The molecule has 0 saturated heterocycles. The molecule has 1 aromatic heterocycles. The van der Waals surface area contributed by atoms with E-state index >= 15 is 0 Å². The Morgan fingerprint density at radius 3 is 2.29 bits per heavy atom. The highest BCUT2D eigenvalue weighted by atomic mass is 16.1. The summed E-state index contributed by atoms with van der Waals surface area (Å²) in [6.07, 6.45) is 0.756. The van der Waals surface area contributed by atoms with Crippen LogP contribution in [0.2, 0.25) is 0 Å². The zero-order valence-corrected chi connectivity index (χ0v) is 22.4. The number of benzene rings is 2. The van der Waals surface area contributed by atoms with Gasteiger partial charge >= 0.3 is 0 Å².